The molecule has 0 spiro atoms. The normalized spacial score (nSPS) is 11.3. The summed E-state index contributed by atoms with van der Waals surface area (Å²) in [5.74, 6) is 0.164. The summed E-state index contributed by atoms with van der Waals surface area (Å²) in [4.78, 5) is 22.8. The van der Waals surface area contributed by atoms with Gasteiger partial charge in [0.15, 0.2) is 5.65 Å². The molecular formula is C26H31N5O. The Bertz CT molecular complexity index is 1270. The van der Waals surface area contributed by atoms with E-state index in [2.05, 4.69) is 38.2 Å². The number of carbonyl (C=O) groups is 1. The summed E-state index contributed by atoms with van der Waals surface area (Å²) < 4.78 is 1.84. The maximum Gasteiger partial charge on any atom is 0.257 e. The fraction of sp³-hybridized carbons (Fsp3) is 0.346. The van der Waals surface area contributed by atoms with E-state index >= 15 is 0 Å². The smallest absolute Gasteiger partial charge is 0.257 e. The number of aryl methyl sites for hydroxylation is 2. The Labute approximate surface area is 188 Å². The van der Waals surface area contributed by atoms with Crippen LogP contribution in [0.3, 0.4) is 0 Å². The number of nitrogen functional groups attached to an aromatic ring is 1. The average molecular weight is 430 g/mol. The van der Waals surface area contributed by atoms with Gasteiger partial charge in [0.25, 0.3) is 5.91 Å². The van der Waals surface area contributed by atoms with E-state index in [1.165, 1.54) is 24.8 Å². The molecule has 0 saturated heterocycles. The summed E-state index contributed by atoms with van der Waals surface area (Å²) in [6.45, 7) is 6.96. The number of unbranched alkanes of at least 4 members (excludes halogenated alkanes) is 4. The predicted molar refractivity (Wildman–Crippen MR) is 131 cm³/mol. The molecule has 0 aliphatic heterocycles. The minimum Gasteiger partial charge on any atom is -0.384 e. The van der Waals surface area contributed by atoms with Crippen molar-refractivity contribution in [2.24, 2.45) is 0 Å². The Hall–Kier alpha value is -3.41. The van der Waals surface area contributed by atoms with Gasteiger partial charge in [-0.05, 0) is 55.7 Å². The molecule has 6 heteroatoms. The van der Waals surface area contributed by atoms with Crippen LogP contribution in [0.2, 0.25) is 0 Å². The number of para-hydroxylation sites is 2. The summed E-state index contributed by atoms with van der Waals surface area (Å²) >= 11 is 0. The van der Waals surface area contributed by atoms with Crippen LogP contribution in [0, 0.1) is 13.8 Å². The Balaban J connectivity index is 1.78. The van der Waals surface area contributed by atoms with Crippen molar-refractivity contribution in [2.75, 3.05) is 12.3 Å². The van der Waals surface area contributed by atoms with Crippen molar-refractivity contribution in [3.05, 3.63) is 59.2 Å². The second-order valence-corrected chi connectivity index (χ2v) is 8.42. The monoisotopic (exact) mass is 429 g/mol. The van der Waals surface area contributed by atoms with Gasteiger partial charge in [-0.1, -0.05) is 50.8 Å². The molecule has 1 amide bonds. The second kappa shape index (κ2) is 9.39. The molecule has 0 bridgehead atoms. The van der Waals surface area contributed by atoms with Crippen molar-refractivity contribution in [3.63, 3.8) is 0 Å². The highest BCUT2D eigenvalue weighted by Gasteiger charge is 2.24. The van der Waals surface area contributed by atoms with Gasteiger partial charge in [-0.25, -0.2) is 9.97 Å². The van der Waals surface area contributed by atoms with Gasteiger partial charge in [-0.15, -0.1) is 0 Å². The number of nitrogens with two attached hydrogens (primary N) is 1. The minimum atomic E-state index is -0.199. The third-order valence-corrected chi connectivity index (χ3v) is 6.04. The first-order valence-electron chi connectivity index (χ1n) is 11.4. The van der Waals surface area contributed by atoms with Crippen LogP contribution in [0.1, 0.15) is 60.5 Å². The molecule has 0 aliphatic carbocycles. The second-order valence-electron chi connectivity index (χ2n) is 8.42. The molecule has 166 valence electrons. The van der Waals surface area contributed by atoms with Crippen LogP contribution < -0.4 is 11.1 Å². The van der Waals surface area contributed by atoms with Crippen molar-refractivity contribution in [3.8, 4) is 5.69 Å². The highest BCUT2D eigenvalue weighted by molar-refractivity contribution is 6.11. The highest BCUT2D eigenvalue weighted by atomic mass is 16.1. The number of fused-ring (bicyclic) bond motifs is 2. The van der Waals surface area contributed by atoms with Crippen molar-refractivity contribution in [2.45, 2.75) is 52.9 Å². The molecule has 0 saturated carbocycles. The summed E-state index contributed by atoms with van der Waals surface area (Å²) in [6, 6.07) is 13.8. The molecule has 3 N–H and O–H groups in total. The lowest BCUT2D eigenvalue weighted by molar-refractivity contribution is 0.0955. The summed E-state index contributed by atoms with van der Waals surface area (Å²) in [7, 11) is 0. The summed E-state index contributed by atoms with van der Waals surface area (Å²) in [5.41, 5.74) is 12.8. The molecule has 0 fully saturated rings. The first-order valence-corrected chi connectivity index (χ1v) is 11.4. The largest absolute Gasteiger partial charge is 0.384 e. The van der Waals surface area contributed by atoms with E-state index in [0.29, 0.717) is 29.1 Å². The Morgan fingerprint density at radius 2 is 1.69 bits per heavy atom. The van der Waals surface area contributed by atoms with Crippen LogP contribution in [0.25, 0.3) is 27.9 Å². The molecule has 0 unspecified atom stereocenters. The SMILES string of the molecule is CCCCCCCNC(=O)c1c(N)n(-c2ccc(C)c(C)c2)c2nc3ccccc3nc12. The van der Waals surface area contributed by atoms with Gasteiger partial charge in [-0.2, -0.15) is 0 Å². The van der Waals surface area contributed by atoms with Gasteiger partial charge in [0.05, 0.1) is 11.0 Å². The lowest BCUT2D eigenvalue weighted by Crippen LogP contribution is -2.25. The Morgan fingerprint density at radius 3 is 2.41 bits per heavy atom. The number of benzene rings is 2. The van der Waals surface area contributed by atoms with Crippen molar-refractivity contribution in [1.82, 2.24) is 19.9 Å². The number of aromatic nitrogens is 3. The quantitative estimate of drug-likeness (QED) is 0.364. The Kier molecular flexibility index (Phi) is 6.40. The van der Waals surface area contributed by atoms with Gasteiger partial charge in [0.2, 0.25) is 0 Å². The van der Waals surface area contributed by atoms with Crippen LogP contribution in [0.5, 0.6) is 0 Å². The number of carbonyl (C=O) groups excluding carboxylic acids is 1. The van der Waals surface area contributed by atoms with Crippen molar-refractivity contribution in [1.29, 1.82) is 0 Å². The molecule has 0 radical (unpaired) electrons. The molecule has 2 heterocycles. The molecule has 4 aromatic rings. The van der Waals surface area contributed by atoms with Crippen LogP contribution in [0.4, 0.5) is 5.82 Å². The lowest BCUT2D eigenvalue weighted by atomic mass is 10.1. The van der Waals surface area contributed by atoms with Gasteiger partial charge in [0, 0.05) is 12.2 Å². The van der Waals surface area contributed by atoms with Gasteiger partial charge in [0.1, 0.15) is 16.9 Å². The number of amides is 1. The first kappa shape index (κ1) is 21.8. The third kappa shape index (κ3) is 4.17. The zero-order chi connectivity index (χ0) is 22.7. The Morgan fingerprint density at radius 1 is 0.969 bits per heavy atom. The molecule has 2 aromatic heterocycles. The zero-order valence-corrected chi connectivity index (χ0v) is 19.1. The van der Waals surface area contributed by atoms with Gasteiger partial charge >= 0.3 is 0 Å². The standard InChI is InChI=1S/C26H31N5O/c1-4-5-6-7-10-15-28-26(32)22-23-25(30-21-12-9-8-11-20(21)29-23)31(24(22)27)19-14-13-17(2)18(3)16-19/h8-9,11-14,16H,4-7,10,15,27H2,1-3H3,(H,28,32). The van der Waals surface area contributed by atoms with Gasteiger partial charge < -0.3 is 11.1 Å². The molecule has 4 rings (SSSR count). The molecule has 32 heavy (non-hydrogen) atoms. The number of nitrogens with one attached hydrogen (secondary N) is 1. The number of rotatable bonds is 8. The maximum absolute atomic E-state index is 13.2. The van der Waals surface area contributed by atoms with E-state index in [9.17, 15) is 4.79 Å². The van der Waals surface area contributed by atoms with E-state index in [1.807, 2.05) is 34.9 Å². The number of nitrogens with zero attached hydrogens (tertiary/aromatic N) is 3. The topological polar surface area (TPSA) is 85.8 Å². The van der Waals surface area contributed by atoms with Gasteiger partial charge in [-0.3, -0.25) is 9.36 Å². The minimum absolute atomic E-state index is 0.199. The average Bonchev–Trinajstić information content (AvgIpc) is 3.07. The van der Waals surface area contributed by atoms with Crippen LogP contribution in [0.15, 0.2) is 42.5 Å². The zero-order valence-electron chi connectivity index (χ0n) is 19.1. The molecule has 6 nitrogen and oxygen atoms in total. The molecule has 2 aromatic carbocycles. The van der Waals surface area contributed by atoms with E-state index in [-0.39, 0.29) is 5.91 Å². The first-order chi connectivity index (χ1) is 15.5. The van der Waals surface area contributed by atoms with Crippen LogP contribution in [-0.2, 0) is 0 Å². The third-order valence-electron chi connectivity index (χ3n) is 6.04. The van der Waals surface area contributed by atoms with E-state index in [1.54, 1.807) is 0 Å². The van der Waals surface area contributed by atoms with E-state index < -0.39 is 0 Å². The predicted octanol–water partition coefficient (Wildman–Crippen LogP) is 5.47. The molecule has 0 aliphatic rings. The molecule has 0 atom stereocenters. The fourth-order valence-corrected chi connectivity index (χ4v) is 4.03. The van der Waals surface area contributed by atoms with Crippen molar-refractivity contribution < 1.29 is 4.79 Å². The number of hydrogen-bond donors (Lipinski definition) is 2. The number of hydrogen-bond acceptors (Lipinski definition) is 4. The van der Waals surface area contributed by atoms with E-state index in [0.717, 1.165) is 35.1 Å². The maximum atomic E-state index is 13.2. The van der Waals surface area contributed by atoms with Crippen LogP contribution in [-0.4, -0.2) is 27.0 Å². The lowest BCUT2D eigenvalue weighted by Gasteiger charge is -2.10. The molecular weight excluding hydrogens is 398 g/mol. The van der Waals surface area contributed by atoms with Crippen LogP contribution >= 0.6 is 0 Å². The highest BCUT2D eigenvalue weighted by Crippen LogP contribution is 2.31. The number of anilines is 1. The fourth-order valence-electron chi connectivity index (χ4n) is 4.03. The summed E-state index contributed by atoms with van der Waals surface area (Å²) in [6.07, 6.45) is 5.69. The van der Waals surface area contributed by atoms with Crippen molar-refractivity contribution >= 4 is 33.9 Å². The van der Waals surface area contributed by atoms with E-state index in [4.69, 9.17) is 15.7 Å². The summed E-state index contributed by atoms with van der Waals surface area (Å²) in [5, 5.41) is 3.04.